The maximum absolute atomic E-state index is 12.7. The molecule has 0 N–H and O–H groups in total. The van der Waals surface area contributed by atoms with E-state index in [2.05, 4.69) is 0 Å². The summed E-state index contributed by atoms with van der Waals surface area (Å²) >= 11 is 7.18. The molecule has 2 aromatic carbocycles. The van der Waals surface area contributed by atoms with E-state index in [0.717, 1.165) is 22.9 Å². The van der Waals surface area contributed by atoms with Gasteiger partial charge in [0.1, 0.15) is 0 Å². The van der Waals surface area contributed by atoms with Crippen molar-refractivity contribution in [1.29, 1.82) is 0 Å². The Morgan fingerprint density at radius 2 is 1.81 bits per heavy atom. The van der Waals surface area contributed by atoms with Crippen LogP contribution in [0.4, 0.5) is 4.79 Å². The Hall–Kier alpha value is -2.44. The molecule has 5 nitrogen and oxygen atoms in total. The van der Waals surface area contributed by atoms with Crippen LogP contribution in [-0.2, 0) is 11.3 Å². The third-order valence-electron chi connectivity index (χ3n) is 4.09. The van der Waals surface area contributed by atoms with Crippen molar-refractivity contribution in [1.82, 2.24) is 4.90 Å². The standard InChI is InChI=1S/C20H18ClNO4S/c1-12-5-4-6-13(7-12)11-22-19(23)18(27-20(22)24)9-14-8-16(25-2)17(26-3)10-15(14)21/h4-10H,11H2,1-3H3/b18-9-. The summed E-state index contributed by atoms with van der Waals surface area (Å²) in [5.41, 5.74) is 2.56. The first-order valence-electron chi connectivity index (χ1n) is 8.15. The monoisotopic (exact) mass is 403 g/mol. The van der Waals surface area contributed by atoms with E-state index >= 15 is 0 Å². The molecule has 1 fully saturated rings. The molecule has 7 heteroatoms. The fraction of sp³-hybridized carbons (Fsp3) is 0.200. The highest BCUT2D eigenvalue weighted by atomic mass is 35.5. The Bertz CT molecular complexity index is 942. The predicted molar refractivity (Wildman–Crippen MR) is 107 cm³/mol. The average molecular weight is 404 g/mol. The van der Waals surface area contributed by atoms with E-state index in [4.69, 9.17) is 21.1 Å². The fourth-order valence-electron chi connectivity index (χ4n) is 2.75. The number of amides is 2. The van der Waals surface area contributed by atoms with E-state index in [-0.39, 0.29) is 17.7 Å². The van der Waals surface area contributed by atoms with Crippen LogP contribution in [0.1, 0.15) is 16.7 Å². The molecule has 140 valence electrons. The van der Waals surface area contributed by atoms with Crippen molar-refractivity contribution < 1.29 is 19.1 Å². The summed E-state index contributed by atoms with van der Waals surface area (Å²) < 4.78 is 10.5. The summed E-state index contributed by atoms with van der Waals surface area (Å²) in [7, 11) is 3.04. The lowest BCUT2D eigenvalue weighted by molar-refractivity contribution is -0.123. The predicted octanol–water partition coefficient (Wildman–Crippen LogP) is 4.90. The second-order valence-electron chi connectivity index (χ2n) is 5.99. The molecule has 0 atom stereocenters. The van der Waals surface area contributed by atoms with Crippen LogP contribution in [0.25, 0.3) is 6.08 Å². The van der Waals surface area contributed by atoms with E-state index in [1.807, 2.05) is 31.2 Å². The van der Waals surface area contributed by atoms with Gasteiger partial charge in [-0.05, 0) is 42.0 Å². The Kier molecular flexibility index (Phi) is 5.77. The molecule has 0 saturated carbocycles. The van der Waals surface area contributed by atoms with Gasteiger partial charge in [0.15, 0.2) is 11.5 Å². The first-order chi connectivity index (χ1) is 12.9. The summed E-state index contributed by atoms with van der Waals surface area (Å²) in [6.07, 6.45) is 1.60. The Morgan fingerprint density at radius 1 is 1.11 bits per heavy atom. The van der Waals surface area contributed by atoms with Gasteiger partial charge in [-0.15, -0.1) is 0 Å². The molecular weight excluding hydrogens is 386 g/mol. The van der Waals surface area contributed by atoms with Crippen molar-refractivity contribution in [3.63, 3.8) is 0 Å². The van der Waals surface area contributed by atoms with E-state index in [1.54, 1.807) is 18.2 Å². The van der Waals surface area contributed by atoms with E-state index in [9.17, 15) is 9.59 Å². The molecule has 2 amide bonds. The molecule has 0 spiro atoms. The number of imide groups is 1. The number of hydrogen-bond acceptors (Lipinski definition) is 5. The van der Waals surface area contributed by atoms with Gasteiger partial charge >= 0.3 is 0 Å². The van der Waals surface area contributed by atoms with Crippen LogP contribution >= 0.6 is 23.4 Å². The number of carbonyl (C=O) groups is 2. The average Bonchev–Trinajstić information content (AvgIpc) is 2.90. The van der Waals surface area contributed by atoms with Gasteiger partial charge in [-0.3, -0.25) is 14.5 Å². The lowest BCUT2D eigenvalue weighted by atomic mass is 10.1. The number of thioether (sulfide) groups is 1. The number of aryl methyl sites for hydroxylation is 1. The van der Waals surface area contributed by atoms with Crippen LogP contribution in [-0.4, -0.2) is 30.3 Å². The van der Waals surface area contributed by atoms with Crippen LogP contribution in [0.5, 0.6) is 11.5 Å². The highest BCUT2D eigenvalue weighted by molar-refractivity contribution is 8.18. The second kappa shape index (κ2) is 8.06. The summed E-state index contributed by atoms with van der Waals surface area (Å²) in [4.78, 5) is 26.6. The van der Waals surface area contributed by atoms with E-state index in [0.29, 0.717) is 27.0 Å². The summed E-state index contributed by atoms with van der Waals surface area (Å²) in [6.45, 7) is 2.21. The van der Waals surface area contributed by atoms with Crippen LogP contribution in [0.2, 0.25) is 5.02 Å². The summed E-state index contributed by atoms with van der Waals surface area (Å²) in [6, 6.07) is 11.0. The van der Waals surface area contributed by atoms with Crippen molar-refractivity contribution >= 4 is 40.6 Å². The van der Waals surface area contributed by atoms with E-state index in [1.165, 1.54) is 19.1 Å². The maximum atomic E-state index is 12.7. The van der Waals surface area contributed by atoms with Gasteiger partial charge in [0.2, 0.25) is 0 Å². The van der Waals surface area contributed by atoms with Crippen LogP contribution in [0.15, 0.2) is 41.3 Å². The minimum atomic E-state index is -0.336. The largest absolute Gasteiger partial charge is 0.493 e. The van der Waals surface area contributed by atoms with Gasteiger partial charge in [-0.2, -0.15) is 0 Å². The molecule has 1 saturated heterocycles. The molecule has 0 aromatic heterocycles. The zero-order valence-corrected chi connectivity index (χ0v) is 16.7. The van der Waals surface area contributed by atoms with Crippen LogP contribution in [0, 0.1) is 6.92 Å². The first kappa shape index (κ1) is 19.3. The molecule has 27 heavy (non-hydrogen) atoms. The number of methoxy groups -OCH3 is 2. The van der Waals surface area contributed by atoms with E-state index < -0.39 is 0 Å². The number of carbonyl (C=O) groups excluding carboxylic acids is 2. The van der Waals surface area contributed by atoms with Crippen molar-refractivity contribution in [3.05, 3.63) is 63.0 Å². The Labute approximate surface area is 166 Å². The number of halogens is 1. The van der Waals surface area contributed by atoms with Gasteiger partial charge in [-0.25, -0.2) is 0 Å². The molecule has 2 aromatic rings. The van der Waals surface area contributed by atoms with Gasteiger partial charge in [0.05, 0.1) is 30.7 Å². The first-order valence-corrected chi connectivity index (χ1v) is 9.35. The zero-order valence-electron chi connectivity index (χ0n) is 15.1. The normalized spacial score (nSPS) is 15.6. The molecule has 1 aliphatic heterocycles. The third-order valence-corrected chi connectivity index (χ3v) is 5.32. The number of rotatable bonds is 5. The Balaban J connectivity index is 1.88. The van der Waals surface area contributed by atoms with Crippen LogP contribution < -0.4 is 9.47 Å². The second-order valence-corrected chi connectivity index (χ2v) is 7.39. The van der Waals surface area contributed by atoms with Gasteiger partial charge in [0.25, 0.3) is 11.1 Å². The molecule has 0 unspecified atom stereocenters. The van der Waals surface area contributed by atoms with Gasteiger partial charge in [-0.1, -0.05) is 41.4 Å². The third kappa shape index (κ3) is 4.12. The molecule has 0 aliphatic carbocycles. The van der Waals surface area contributed by atoms with Crippen molar-refractivity contribution in [2.24, 2.45) is 0 Å². The molecule has 1 aliphatic rings. The smallest absolute Gasteiger partial charge is 0.293 e. The minimum absolute atomic E-state index is 0.239. The molecule has 0 radical (unpaired) electrons. The number of hydrogen-bond donors (Lipinski definition) is 0. The minimum Gasteiger partial charge on any atom is -0.493 e. The molecule has 0 bridgehead atoms. The van der Waals surface area contributed by atoms with Crippen molar-refractivity contribution in [3.8, 4) is 11.5 Å². The molecule has 3 rings (SSSR count). The van der Waals surface area contributed by atoms with Crippen molar-refractivity contribution in [2.75, 3.05) is 14.2 Å². The Morgan fingerprint density at radius 3 is 2.48 bits per heavy atom. The number of ether oxygens (including phenoxy) is 2. The highest BCUT2D eigenvalue weighted by Gasteiger charge is 2.35. The van der Waals surface area contributed by atoms with Crippen LogP contribution in [0.3, 0.4) is 0 Å². The summed E-state index contributed by atoms with van der Waals surface area (Å²) in [5.74, 6) is 0.650. The van der Waals surface area contributed by atoms with Gasteiger partial charge < -0.3 is 9.47 Å². The fourth-order valence-corrected chi connectivity index (χ4v) is 3.79. The van der Waals surface area contributed by atoms with Gasteiger partial charge in [0, 0.05) is 6.07 Å². The lowest BCUT2D eigenvalue weighted by Gasteiger charge is -2.13. The number of benzene rings is 2. The van der Waals surface area contributed by atoms with Crippen molar-refractivity contribution in [2.45, 2.75) is 13.5 Å². The molecular formula is C20H18ClNO4S. The zero-order chi connectivity index (χ0) is 19.6. The SMILES string of the molecule is COc1cc(Cl)c(/C=C2\SC(=O)N(Cc3cccc(C)c3)C2=O)cc1OC. The molecule has 1 heterocycles. The quantitative estimate of drug-likeness (QED) is 0.664. The number of nitrogens with zero attached hydrogens (tertiary/aromatic N) is 1. The maximum Gasteiger partial charge on any atom is 0.293 e. The summed E-state index contributed by atoms with van der Waals surface area (Å²) in [5, 5.41) is 0.0995. The lowest BCUT2D eigenvalue weighted by Crippen LogP contribution is -2.27. The topological polar surface area (TPSA) is 55.8 Å². The highest BCUT2D eigenvalue weighted by Crippen LogP contribution is 2.38.